The van der Waals surface area contributed by atoms with Crippen LogP contribution in [-0.2, 0) is 17.8 Å². The van der Waals surface area contributed by atoms with Gasteiger partial charge in [-0.15, -0.1) is 0 Å². The van der Waals surface area contributed by atoms with Crippen LogP contribution in [0.25, 0.3) is 0 Å². The Morgan fingerprint density at radius 2 is 1.88 bits per heavy atom. The quantitative estimate of drug-likeness (QED) is 0.770. The third-order valence-electron chi connectivity index (χ3n) is 3.87. The lowest BCUT2D eigenvalue weighted by atomic mass is 10.1. The van der Waals surface area contributed by atoms with Crippen molar-refractivity contribution in [2.45, 2.75) is 32.7 Å². The Bertz CT molecular complexity index is 719. The number of rotatable bonds is 7. The van der Waals surface area contributed by atoms with Crippen LogP contribution in [0.1, 0.15) is 36.5 Å². The van der Waals surface area contributed by atoms with Crippen LogP contribution in [0.2, 0.25) is 0 Å². The average Bonchev–Trinajstić information content (AvgIpc) is 2.61. The van der Waals surface area contributed by atoms with Crippen molar-refractivity contribution in [3.8, 4) is 6.07 Å². The Hall–Kier alpha value is -2.67. The molecule has 2 aromatic carbocycles. The van der Waals surface area contributed by atoms with E-state index < -0.39 is 0 Å². The van der Waals surface area contributed by atoms with E-state index in [1.165, 1.54) is 6.07 Å². The van der Waals surface area contributed by atoms with E-state index in [-0.39, 0.29) is 18.1 Å². The van der Waals surface area contributed by atoms with Crippen molar-refractivity contribution in [3.05, 3.63) is 71.0 Å². The van der Waals surface area contributed by atoms with Crippen LogP contribution in [0, 0.1) is 17.1 Å². The van der Waals surface area contributed by atoms with Crippen LogP contribution < -0.4 is 0 Å². The second-order valence-corrected chi connectivity index (χ2v) is 5.72. The van der Waals surface area contributed by atoms with Crippen molar-refractivity contribution >= 4 is 5.91 Å². The number of hydrogen-bond donors (Lipinski definition) is 0. The molecule has 4 heteroatoms. The molecular formula is C20H21FN2O. The third-order valence-corrected chi connectivity index (χ3v) is 3.87. The number of hydrogen-bond acceptors (Lipinski definition) is 2. The lowest BCUT2D eigenvalue weighted by Gasteiger charge is -2.22. The van der Waals surface area contributed by atoms with Crippen molar-refractivity contribution < 1.29 is 9.18 Å². The molecule has 0 saturated carbocycles. The average molecular weight is 324 g/mol. The van der Waals surface area contributed by atoms with Gasteiger partial charge in [-0.25, -0.2) is 4.39 Å². The smallest absolute Gasteiger partial charge is 0.223 e. The van der Waals surface area contributed by atoms with E-state index in [4.69, 9.17) is 5.26 Å². The lowest BCUT2D eigenvalue weighted by molar-refractivity contribution is -0.131. The summed E-state index contributed by atoms with van der Waals surface area (Å²) in [5.41, 5.74) is 2.16. The predicted molar refractivity (Wildman–Crippen MR) is 91.6 cm³/mol. The SMILES string of the molecule is CCCN(Cc1ccc(C#N)cc1)C(=O)CCc1ccccc1F. The molecule has 0 atom stereocenters. The maximum Gasteiger partial charge on any atom is 0.223 e. The normalized spacial score (nSPS) is 10.2. The fourth-order valence-electron chi connectivity index (χ4n) is 2.57. The summed E-state index contributed by atoms with van der Waals surface area (Å²) in [7, 11) is 0. The van der Waals surface area contributed by atoms with Gasteiger partial charge in [-0.1, -0.05) is 37.3 Å². The molecule has 124 valence electrons. The highest BCUT2D eigenvalue weighted by Crippen LogP contribution is 2.13. The Morgan fingerprint density at radius 1 is 1.17 bits per heavy atom. The highest BCUT2D eigenvalue weighted by atomic mass is 19.1. The zero-order valence-electron chi connectivity index (χ0n) is 13.8. The molecule has 2 aromatic rings. The van der Waals surface area contributed by atoms with Gasteiger partial charge in [-0.3, -0.25) is 4.79 Å². The van der Waals surface area contributed by atoms with Crippen molar-refractivity contribution in [2.24, 2.45) is 0 Å². The molecule has 0 aliphatic heterocycles. The number of benzene rings is 2. The fraction of sp³-hybridized carbons (Fsp3) is 0.300. The minimum absolute atomic E-state index is 0.0180. The van der Waals surface area contributed by atoms with Crippen molar-refractivity contribution in [1.82, 2.24) is 4.90 Å². The molecule has 0 aliphatic carbocycles. The van der Waals surface area contributed by atoms with Gasteiger partial charge in [0.1, 0.15) is 5.82 Å². The van der Waals surface area contributed by atoms with Gasteiger partial charge in [-0.05, 0) is 42.2 Å². The standard InChI is InChI=1S/C20H21FN2O/c1-2-13-23(15-17-9-7-16(14-22)8-10-17)20(24)12-11-18-5-3-4-6-19(18)21/h3-10H,2,11-13,15H2,1H3. The van der Waals surface area contributed by atoms with Crippen molar-refractivity contribution in [1.29, 1.82) is 5.26 Å². The number of carbonyl (C=O) groups excluding carboxylic acids is 1. The predicted octanol–water partition coefficient (Wildman–Crippen LogP) is 4.07. The van der Waals surface area contributed by atoms with Gasteiger partial charge < -0.3 is 4.90 Å². The maximum absolute atomic E-state index is 13.7. The minimum atomic E-state index is -0.264. The molecule has 0 saturated heterocycles. The second kappa shape index (κ2) is 8.83. The molecule has 0 spiro atoms. The molecule has 2 rings (SSSR count). The molecule has 0 heterocycles. The molecule has 0 aliphatic rings. The molecule has 24 heavy (non-hydrogen) atoms. The number of nitriles is 1. The molecule has 1 amide bonds. The maximum atomic E-state index is 13.7. The minimum Gasteiger partial charge on any atom is -0.338 e. The number of amides is 1. The number of nitrogens with zero attached hydrogens (tertiary/aromatic N) is 2. The van der Waals surface area contributed by atoms with Crippen LogP contribution in [0.5, 0.6) is 0 Å². The van der Waals surface area contributed by atoms with Crippen molar-refractivity contribution in [3.63, 3.8) is 0 Å². The highest BCUT2D eigenvalue weighted by Gasteiger charge is 2.14. The summed E-state index contributed by atoms with van der Waals surface area (Å²) < 4.78 is 13.7. The molecule has 0 radical (unpaired) electrons. The Morgan fingerprint density at radius 3 is 2.50 bits per heavy atom. The molecule has 0 aromatic heterocycles. The molecule has 0 N–H and O–H groups in total. The molecule has 0 unspecified atom stereocenters. The van der Waals surface area contributed by atoms with E-state index >= 15 is 0 Å². The Kier molecular flexibility index (Phi) is 6.51. The summed E-state index contributed by atoms with van der Waals surface area (Å²) in [5.74, 6) is -0.246. The van der Waals surface area contributed by atoms with E-state index in [0.717, 1.165) is 12.0 Å². The fourth-order valence-corrected chi connectivity index (χ4v) is 2.57. The van der Waals surface area contributed by atoms with Gasteiger partial charge in [0.25, 0.3) is 0 Å². The van der Waals surface area contributed by atoms with E-state index in [1.54, 1.807) is 35.2 Å². The summed E-state index contributed by atoms with van der Waals surface area (Å²) >= 11 is 0. The van der Waals surface area contributed by atoms with Crippen LogP contribution in [-0.4, -0.2) is 17.4 Å². The first-order chi connectivity index (χ1) is 11.6. The van der Waals surface area contributed by atoms with Crippen molar-refractivity contribution in [2.75, 3.05) is 6.54 Å². The monoisotopic (exact) mass is 324 g/mol. The van der Waals surface area contributed by atoms with E-state index in [0.29, 0.717) is 30.6 Å². The molecule has 3 nitrogen and oxygen atoms in total. The van der Waals surface area contributed by atoms with Gasteiger partial charge in [0.05, 0.1) is 11.6 Å². The first-order valence-corrected chi connectivity index (χ1v) is 8.14. The Labute approximate surface area is 142 Å². The van der Waals surface area contributed by atoms with Crippen LogP contribution in [0.4, 0.5) is 4.39 Å². The summed E-state index contributed by atoms with van der Waals surface area (Å²) in [6.45, 7) is 3.20. The number of halogens is 1. The number of carbonyl (C=O) groups is 1. The molecular weight excluding hydrogens is 303 g/mol. The largest absolute Gasteiger partial charge is 0.338 e. The van der Waals surface area contributed by atoms with Crippen LogP contribution >= 0.6 is 0 Å². The third kappa shape index (κ3) is 4.92. The highest BCUT2D eigenvalue weighted by molar-refractivity contribution is 5.76. The lowest BCUT2D eigenvalue weighted by Crippen LogP contribution is -2.31. The van der Waals surface area contributed by atoms with Gasteiger partial charge in [0, 0.05) is 19.5 Å². The molecule has 0 bridgehead atoms. The summed E-state index contributed by atoms with van der Waals surface area (Å²) in [4.78, 5) is 14.3. The molecule has 0 fully saturated rings. The zero-order valence-corrected chi connectivity index (χ0v) is 13.8. The summed E-state index contributed by atoms with van der Waals surface area (Å²) in [6, 6.07) is 15.9. The topological polar surface area (TPSA) is 44.1 Å². The number of aryl methyl sites for hydroxylation is 1. The second-order valence-electron chi connectivity index (χ2n) is 5.72. The summed E-state index contributed by atoms with van der Waals surface area (Å²) in [6.07, 6.45) is 1.55. The van der Waals surface area contributed by atoms with Gasteiger partial charge >= 0.3 is 0 Å². The van der Waals surface area contributed by atoms with Crippen LogP contribution in [0.3, 0.4) is 0 Å². The van der Waals surface area contributed by atoms with Gasteiger partial charge in [0.15, 0.2) is 0 Å². The summed E-state index contributed by atoms with van der Waals surface area (Å²) in [5, 5.41) is 8.84. The zero-order chi connectivity index (χ0) is 17.4. The first kappa shape index (κ1) is 17.7. The van der Waals surface area contributed by atoms with Gasteiger partial charge in [-0.2, -0.15) is 5.26 Å². The first-order valence-electron chi connectivity index (χ1n) is 8.14. The van der Waals surface area contributed by atoms with E-state index in [9.17, 15) is 9.18 Å². The van der Waals surface area contributed by atoms with Crippen LogP contribution in [0.15, 0.2) is 48.5 Å². The Balaban J connectivity index is 1.99. The van der Waals surface area contributed by atoms with Gasteiger partial charge in [0.2, 0.25) is 5.91 Å². The van der Waals surface area contributed by atoms with E-state index in [1.807, 2.05) is 19.1 Å². The van der Waals surface area contributed by atoms with E-state index in [2.05, 4.69) is 6.07 Å².